The van der Waals surface area contributed by atoms with Gasteiger partial charge in [0.05, 0.1) is 12.2 Å². The van der Waals surface area contributed by atoms with Crippen LogP contribution < -0.4 is 5.73 Å². The summed E-state index contributed by atoms with van der Waals surface area (Å²) in [5.74, 6) is 1.94. The molecule has 0 aliphatic carbocycles. The summed E-state index contributed by atoms with van der Waals surface area (Å²) in [6.45, 7) is 6.35. The van der Waals surface area contributed by atoms with Crippen molar-refractivity contribution in [1.29, 1.82) is 0 Å². The highest BCUT2D eigenvalue weighted by Gasteiger charge is 2.15. The van der Waals surface area contributed by atoms with Crippen molar-refractivity contribution in [2.45, 2.75) is 33.2 Å². The minimum Gasteiger partial charge on any atom is -0.439 e. The normalized spacial score (nSPS) is 12.9. The van der Waals surface area contributed by atoms with Crippen molar-refractivity contribution in [2.24, 2.45) is 11.7 Å². The standard InChI is InChI=1S/C15H20N2O/c1-10(2)8-13(16)15-17-9-14(18-15)12-6-4-11(3)5-7-12/h4-7,9-10,13H,8,16H2,1-3H3. The molecule has 0 radical (unpaired) electrons. The van der Waals surface area contributed by atoms with Gasteiger partial charge in [0.2, 0.25) is 5.89 Å². The smallest absolute Gasteiger partial charge is 0.211 e. The molecule has 1 unspecified atom stereocenters. The number of nitrogens with two attached hydrogens (primary N) is 1. The van der Waals surface area contributed by atoms with E-state index in [1.807, 2.05) is 12.1 Å². The molecule has 0 aliphatic rings. The number of aryl methyl sites for hydroxylation is 1. The maximum atomic E-state index is 6.06. The minimum absolute atomic E-state index is 0.121. The van der Waals surface area contributed by atoms with Gasteiger partial charge >= 0.3 is 0 Å². The maximum Gasteiger partial charge on any atom is 0.211 e. The van der Waals surface area contributed by atoms with Crippen LogP contribution in [0.15, 0.2) is 34.9 Å². The Bertz CT molecular complexity index is 499. The summed E-state index contributed by atoms with van der Waals surface area (Å²) >= 11 is 0. The van der Waals surface area contributed by atoms with E-state index in [9.17, 15) is 0 Å². The highest BCUT2D eigenvalue weighted by Crippen LogP contribution is 2.25. The third-order valence-corrected chi connectivity index (χ3v) is 2.90. The van der Waals surface area contributed by atoms with Crippen LogP contribution in [0, 0.1) is 12.8 Å². The molecule has 0 fully saturated rings. The molecule has 0 aliphatic heterocycles. The molecule has 0 saturated heterocycles. The second kappa shape index (κ2) is 5.36. The van der Waals surface area contributed by atoms with Gasteiger partial charge < -0.3 is 10.2 Å². The van der Waals surface area contributed by atoms with Gasteiger partial charge in [-0.2, -0.15) is 0 Å². The molecule has 0 bridgehead atoms. The van der Waals surface area contributed by atoms with Crippen LogP contribution in [-0.2, 0) is 0 Å². The van der Waals surface area contributed by atoms with Gasteiger partial charge in [-0.1, -0.05) is 43.7 Å². The van der Waals surface area contributed by atoms with E-state index >= 15 is 0 Å². The molecule has 18 heavy (non-hydrogen) atoms. The lowest BCUT2D eigenvalue weighted by atomic mass is 10.0. The SMILES string of the molecule is Cc1ccc(-c2cnc(C(N)CC(C)C)o2)cc1. The van der Waals surface area contributed by atoms with E-state index in [0.717, 1.165) is 17.7 Å². The van der Waals surface area contributed by atoms with Crippen LogP contribution in [0.4, 0.5) is 0 Å². The molecule has 3 nitrogen and oxygen atoms in total. The Morgan fingerprint density at radius 1 is 1.22 bits per heavy atom. The molecular formula is C15H20N2O. The number of benzene rings is 1. The monoisotopic (exact) mass is 244 g/mol. The summed E-state index contributed by atoms with van der Waals surface area (Å²) in [6, 6.07) is 8.07. The number of hydrogen-bond donors (Lipinski definition) is 1. The van der Waals surface area contributed by atoms with Crippen LogP contribution in [0.5, 0.6) is 0 Å². The van der Waals surface area contributed by atoms with Crippen LogP contribution in [-0.4, -0.2) is 4.98 Å². The van der Waals surface area contributed by atoms with E-state index in [1.165, 1.54) is 5.56 Å². The fraction of sp³-hybridized carbons (Fsp3) is 0.400. The van der Waals surface area contributed by atoms with Gasteiger partial charge in [0, 0.05) is 5.56 Å². The quantitative estimate of drug-likeness (QED) is 0.892. The second-order valence-electron chi connectivity index (χ2n) is 5.16. The van der Waals surface area contributed by atoms with E-state index in [1.54, 1.807) is 6.20 Å². The zero-order chi connectivity index (χ0) is 13.1. The fourth-order valence-corrected chi connectivity index (χ4v) is 1.92. The first-order chi connectivity index (χ1) is 8.56. The lowest BCUT2D eigenvalue weighted by Crippen LogP contribution is -2.13. The van der Waals surface area contributed by atoms with Crippen molar-refractivity contribution in [2.75, 3.05) is 0 Å². The van der Waals surface area contributed by atoms with Gasteiger partial charge in [-0.15, -0.1) is 0 Å². The third-order valence-electron chi connectivity index (χ3n) is 2.90. The van der Waals surface area contributed by atoms with E-state index in [4.69, 9.17) is 10.2 Å². The van der Waals surface area contributed by atoms with Crippen molar-refractivity contribution in [3.63, 3.8) is 0 Å². The molecule has 1 atom stereocenters. The highest BCUT2D eigenvalue weighted by molar-refractivity contribution is 5.56. The molecule has 2 rings (SSSR count). The summed E-state index contributed by atoms with van der Waals surface area (Å²) in [6.07, 6.45) is 2.63. The molecule has 1 aromatic heterocycles. The Balaban J connectivity index is 2.17. The summed E-state index contributed by atoms with van der Waals surface area (Å²) in [7, 11) is 0. The van der Waals surface area contributed by atoms with Crippen LogP contribution in [0.2, 0.25) is 0 Å². The zero-order valence-electron chi connectivity index (χ0n) is 11.2. The lowest BCUT2D eigenvalue weighted by molar-refractivity contribution is 0.408. The molecule has 2 N–H and O–H groups in total. The van der Waals surface area contributed by atoms with Crippen LogP contribution >= 0.6 is 0 Å². The first-order valence-corrected chi connectivity index (χ1v) is 6.34. The van der Waals surface area contributed by atoms with Gasteiger partial charge in [-0.05, 0) is 19.3 Å². The Hall–Kier alpha value is -1.61. The average Bonchev–Trinajstić information content (AvgIpc) is 2.78. The third kappa shape index (κ3) is 2.99. The first kappa shape index (κ1) is 12.8. The number of aromatic nitrogens is 1. The minimum atomic E-state index is -0.121. The zero-order valence-corrected chi connectivity index (χ0v) is 11.2. The Morgan fingerprint density at radius 2 is 1.89 bits per heavy atom. The van der Waals surface area contributed by atoms with Crippen LogP contribution in [0.1, 0.15) is 37.8 Å². The van der Waals surface area contributed by atoms with Gasteiger partial charge in [0.25, 0.3) is 0 Å². The predicted octanol–water partition coefficient (Wildman–Crippen LogP) is 3.70. The maximum absolute atomic E-state index is 6.06. The van der Waals surface area contributed by atoms with E-state index in [0.29, 0.717) is 11.8 Å². The molecule has 96 valence electrons. The van der Waals surface area contributed by atoms with E-state index in [-0.39, 0.29) is 6.04 Å². The summed E-state index contributed by atoms with van der Waals surface area (Å²) < 4.78 is 5.74. The number of rotatable bonds is 4. The van der Waals surface area contributed by atoms with Crippen molar-refractivity contribution in [1.82, 2.24) is 4.98 Å². The Labute approximate surface area is 108 Å². The molecule has 0 amide bonds. The molecule has 1 aromatic carbocycles. The van der Waals surface area contributed by atoms with Gasteiger partial charge in [-0.25, -0.2) is 4.98 Å². The lowest BCUT2D eigenvalue weighted by Gasteiger charge is -2.09. The molecular weight excluding hydrogens is 224 g/mol. The number of oxazole rings is 1. The van der Waals surface area contributed by atoms with Crippen molar-refractivity contribution < 1.29 is 4.42 Å². The molecule has 0 spiro atoms. The fourth-order valence-electron chi connectivity index (χ4n) is 1.92. The van der Waals surface area contributed by atoms with Gasteiger partial charge in [-0.3, -0.25) is 0 Å². The summed E-state index contributed by atoms with van der Waals surface area (Å²) in [4.78, 5) is 4.28. The second-order valence-corrected chi connectivity index (χ2v) is 5.16. The van der Waals surface area contributed by atoms with Crippen LogP contribution in [0.3, 0.4) is 0 Å². The Kier molecular flexibility index (Phi) is 3.82. The molecule has 0 saturated carbocycles. The van der Waals surface area contributed by atoms with Gasteiger partial charge in [0.15, 0.2) is 5.76 Å². The van der Waals surface area contributed by atoms with E-state index < -0.39 is 0 Å². The molecule has 2 aromatic rings. The predicted molar refractivity (Wildman–Crippen MR) is 73.1 cm³/mol. The largest absolute Gasteiger partial charge is 0.439 e. The van der Waals surface area contributed by atoms with E-state index in [2.05, 4.69) is 37.9 Å². The average molecular weight is 244 g/mol. The first-order valence-electron chi connectivity index (χ1n) is 6.34. The van der Waals surface area contributed by atoms with Crippen LogP contribution in [0.25, 0.3) is 11.3 Å². The van der Waals surface area contributed by atoms with Crippen molar-refractivity contribution >= 4 is 0 Å². The van der Waals surface area contributed by atoms with Crippen molar-refractivity contribution in [3.05, 3.63) is 41.9 Å². The summed E-state index contributed by atoms with van der Waals surface area (Å²) in [5, 5.41) is 0. The Morgan fingerprint density at radius 3 is 2.50 bits per heavy atom. The summed E-state index contributed by atoms with van der Waals surface area (Å²) in [5.41, 5.74) is 8.32. The van der Waals surface area contributed by atoms with Crippen molar-refractivity contribution in [3.8, 4) is 11.3 Å². The number of nitrogens with zero attached hydrogens (tertiary/aromatic N) is 1. The molecule has 1 heterocycles. The number of hydrogen-bond acceptors (Lipinski definition) is 3. The molecule has 3 heteroatoms. The topological polar surface area (TPSA) is 52.0 Å². The van der Waals surface area contributed by atoms with Gasteiger partial charge in [0.1, 0.15) is 0 Å². The highest BCUT2D eigenvalue weighted by atomic mass is 16.4.